The first-order chi connectivity index (χ1) is 13.3. The highest BCUT2D eigenvalue weighted by Crippen LogP contribution is 2.34. The van der Waals surface area contributed by atoms with Crippen LogP contribution in [0.3, 0.4) is 0 Å². The minimum atomic E-state index is -0.126. The molecule has 0 aliphatic heterocycles. The summed E-state index contributed by atoms with van der Waals surface area (Å²) in [6, 6.07) is 9.55. The van der Waals surface area contributed by atoms with E-state index >= 15 is 0 Å². The molecule has 3 aromatic rings. The average Bonchev–Trinajstić information content (AvgIpc) is 3.04. The number of aromatic nitrogens is 1. The van der Waals surface area contributed by atoms with Gasteiger partial charge in [0.15, 0.2) is 5.13 Å². The Balaban J connectivity index is 2.02. The zero-order valence-corrected chi connectivity index (χ0v) is 19.6. The fraction of sp³-hybridized carbons (Fsp3) is 0.333. The number of halogens is 2. The second-order valence-corrected chi connectivity index (χ2v) is 9.46. The Hall–Kier alpha value is -1.47. The van der Waals surface area contributed by atoms with E-state index in [9.17, 15) is 4.79 Å². The number of aryl methyl sites for hydroxylation is 2. The number of carbonyl (C=O) groups is 1. The summed E-state index contributed by atoms with van der Waals surface area (Å²) < 4.78 is 1.94. The highest BCUT2D eigenvalue weighted by atomic mass is 79.9. The molecule has 1 amide bonds. The molecule has 2 aromatic carbocycles. The lowest BCUT2D eigenvalue weighted by molar-refractivity contribution is 0.0986. The molecule has 0 bridgehead atoms. The molecule has 3 rings (SSSR count). The van der Waals surface area contributed by atoms with Crippen LogP contribution in [0.2, 0.25) is 5.02 Å². The number of fused-ring (bicyclic) bond motifs is 1. The first-order valence-corrected chi connectivity index (χ1v) is 11.0. The van der Waals surface area contributed by atoms with Gasteiger partial charge < -0.3 is 4.90 Å². The van der Waals surface area contributed by atoms with Gasteiger partial charge in [0.05, 0.1) is 20.8 Å². The summed E-state index contributed by atoms with van der Waals surface area (Å²) in [5, 5.41) is 1.16. The third kappa shape index (κ3) is 4.74. The summed E-state index contributed by atoms with van der Waals surface area (Å²) in [7, 11) is 4.06. The molecule has 0 atom stereocenters. The molecule has 4 nitrogen and oxygen atoms in total. The fourth-order valence-corrected chi connectivity index (χ4v) is 4.72. The third-order valence-electron chi connectivity index (χ3n) is 4.43. The predicted molar refractivity (Wildman–Crippen MR) is 123 cm³/mol. The van der Waals surface area contributed by atoms with Gasteiger partial charge in [0.1, 0.15) is 0 Å². The summed E-state index contributed by atoms with van der Waals surface area (Å²) >= 11 is 11.3. The Kier molecular flexibility index (Phi) is 6.76. The maximum atomic E-state index is 13.4. The third-order valence-corrected chi connectivity index (χ3v) is 6.48. The highest BCUT2D eigenvalue weighted by molar-refractivity contribution is 9.10. The number of benzene rings is 2. The van der Waals surface area contributed by atoms with E-state index < -0.39 is 0 Å². The molecular weight excluding hydrogens is 458 g/mol. The quantitative estimate of drug-likeness (QED) is 0.439. The molecule has 0 radical (unpaired) electrons. The number of anilines is 1. The highest BCUT2D eigenvalue weighted by Gasteiger charge is 2.23. The van der Waals surface area contributed by atoms with E-state index in [0.717, 1.165) is 27.7 Å². The minimum Gasteiger partial charge on any atom is -0.309 e. The lowest BCUT2D eigenvalue weighted by Gasteiger charge is -2.21. The number of carbonyl (C=O) groups excluding carboxylic acids is 1. The van der Waals surface area contributed by atoms with Crippen molar-refractivity contribution in [3.05, 3.63) is 56.5 Å². The normalized spacial score (nSPS) is 11.4. The van der Waals surface area contributed by atoms with Crippen LogP contribution in [0.5, 0.6) is 0 Å². The molecule has 1 heterocycles. The number of thiazole rings is 1. The van der Waals surface area contributed by atoms with E-state index in [1.807, 2.05) is 20.2 Å². The van der Waals surface area contributed by atoms with Crippen LogP contribution >= 0.6 is 38.9 Å². The number of amides is 1. The SMILES string of the molecule is Cc1cc(C)c2sc(N(CCCN(C)C)C(=O)c3cc(Br)ccc3Cl)nc2c1. The van der Waals surface area contributed by atoms with Gasteiger partial charge in [-0.2, -0.15) is 0 Å². The van der Waals surface area contributed by atoms with E-state index in [0.29, 0.717) is 22.3 Å². The Morgan fingerprint density at radius 1 is 1.18 bits per heavy atom. The summed E-state index contributed by atoms with van der Waals surface area (Å²) in [4.78, 5) is 22.1. The van der Waals surface area contributed by atoms with Crippen LogP contribution in [0.1, 0.15) is 27.9 Å². The van der Waals surface area contributed by atoms with Crippen LogP contribution in [-0.4, -0.2) is 43.0 Å². The first kappa shape index (κ1) is 21.2. The summed E-state index contributed by atoms with van der Waals surface area (Å²) in [6.45, 7) is 5.62. The number of hydrogen-bond acceptors (Lipinski definition) is 4. The van der Waals surface area contributed by atoms with Crippen LogP contribution in [0, 0.1) is 13.8 Å². The summed E-state index contributed by atoms with van der Waals surface area (Å²) in [5.74, 6) is -0.126. The van der Waals surface area contributed by atoms with E-state index in [2.05, 4.69) is 46.8 Å². The first-order valence-electron chi connectivity index (χ1n) is 9.05. The van der Waals surface area contributed by atoms with Crippen molar-refractivity contribution in [3.63, 3.8) is 0 Å². The molecule has 7 heteroatoms. The summed E-state index contributed by atoms with van der Waals surface area (Å²) in [6.07, 6.45) is 0.846. The van der Waals surface area contributed by atoms with E-state index in [1.54, 1.807) is 28.4 Å². The maximum Gasteiger partial charge on any atom is 0.261 e. The zero-order chi connectivity index (χ0) is 20.4. The van der Waals surface area contributed by atoms with Crippen molar-refractivity contribution in [2.24, 2.45) is 0 Å². The molecule has 0 unspecified atom stereocenters. The number of hydrogen-bond donors (Lipinski definition) is 0. The largest absolute Gasteiger partial charge is 0.309 e. The monoisotopic (exact) mass is 479 g/mol. The molecule has 0 saturated carbocycles. The Morgan fingerprint density at radius 2 is 1.93 bits per heavy atom. The van der Waals surface area contributed by atoms with Crippen molar-refractivity contribution in [2.45, 2.75) is 20.3 Å². The standard InChI is InChI=1S/C21H23BrClN3OS/c1-13-10-14(2)19-18(11-13)24-21(28-19)26(9-5-8-25(3)4)20(27)16-12-15(22)6-7-17(16)23/h6-7,10-12H,5,8-9H2,1-4H3. The second kappa shape index (κ2) is 8.91. The van der Waals surface area contributed by atoms with Gasteiger partial charge in [0.25, 0.3) is 5.91 Å². The van der Waals surface area contributed by atoms with Crippen molar-refractivity contribution < 1.29 is 4.79 Å². The summed E-state index contributed by atoms with van der Waals surface area (Å²) in [5.41, 5.74) is 3.76. The van der Waals surface area contributed by atoms with Crippen molar-refractivity contribution in [2.75, 3.05) is 32.1 Å². The molecule has 28 heavy (non-hydrogen) atoms. The molecule has 1 aromatic heterocycles. The Morgan fingerprint density at radius 3 is 2.64 bits per heavy atom. The van der Waals surface area contributed by atoms with Gasteiger partial charge in [-0.1, -0.05) is 44.9 Å². The molecule has 0 aliphatic carbocycles. The molecule has 0 spiro atoms. The van der Waals surface area contributed by atoms with Gasteiger partial charge in [-0.3, -0.25) is 9.69 Å². The maximum absolute atomic E-state index is 13.4. The van der Waals surface area contributed by atoms with Crippen molar-refractivity contribution in [1.29, 1.82) is 0 Å². The van der Waals surface area contributed by atoms with Crippen LogP contribution in [0.15, 0.2) is 34.8 Å². The van der Waals surface area contributed by atoms with Gasteiger partial charge in [-0.25, -0.2) is 4.98 Å². The van der Waals surface area contributed by atoms with E-state index in [-0.39, 0.29) is 5.91 Å². The molecule has 0 saturated heterocycles. The fourth-order valence-electron chi connectivity index (χ4n) is 3.12. The van der Waals surface area contributed by atoms with Crippen LogP contribution in [0.25, 0.3) is 10.2 Å². The zero-order valence-electron chi connectivity index (χ0n) is 16.4. The molecule has 148 valence electrons. The van der Waals surface area contributed by atoms with Crippen LogP contribution < -0.4 is 4.90 Å². The van der Waals surface area contributed by atoms with Gasteiger partial charge in [0, 0.05) is 11.0 Å². The molecular formula is C21H23BrClN3OS. The van der Waals surface area contributed by atoms with Crippen molar-refractivity contribution >= 4 is 60.1 Å². The van der Waals surface area contributed by atoms with Gasteiger partial charge in [-0.15, -0.1) is 0 Å². The lowest BCUT2D eigenvalue weighted by Crippen LogP contribution is -2.33. The minimum absolute atomic E-state index is 0.126. The second-order valence-electron chi connectivity index (χ2n) is 7.16. The number of rotatable bonds is 6. The number of nitrogens with zero attached hydrogens (tertiary/aromatic N) is 3. The van der Waals surface area contributed by atoms with Crippen LogP contribution in [0.4, 0.5) is 5.13 Å². The van der Waals surface area contributed by atoms with Crippen LogP contribution in [-0.2, 0) is 0 Å². The van der Waals surface area contributed by atoms with Gasteiger partial charge in [0.2, 0.25) is 0 Å². The predicted octanol–water partition coefficient (Wildman–Crippen LogP) is 5.93. The van der Waals surface area contributed by atoms with E-state index in [4.69, 9.17) is 16.6 Å². The van der Waals surface area contributed by atoms with E-state index in [1.165, 1.54) is 11.1 Å². The Bertz CT molecular complexity index is 1020. The molecule has 0 fully saturated rings. The van der Waals surface area contributed by atoms with Gasteiger partial charge in [-0.05, 0) is 76.3 Å². The topological polar surface area (TPSA) is 36.4 Å². The molecule has 0 aliphatic rings. The van der Waals surface area contributed by atoms with Gasteiger partial charge >= 0.3 is 0 Å². The smallest absolute Gasteiger partial charge is 0.261 e. The molecule has 0 N–H and O–H groups in total. The Labute approximate surface area is 183 Å². The van der Waals surface area contributed by atoms with Crippen molar-refractivity contribution in [3.8, 4) is 0 Å². The van der Waals surface area contributed by atoms with Crippen molar-refractivity contribution in [1.82, 2.24) is 9.88 Å². The average molecular weight is 481 g/mol. The lowest BCUT2D eigenvalue weighted by atomic mass is 10.1.